The van der Waals surface area contributed by atoms with Gasteiger partial charge < -0.3 is 10.8 Å². The van der Waals surface area contributed by atoms with Gasteiger partial charge >= 0.3 is 0 Å². The normalized spacial score (nSPS) is 10.8. The first-order valence-electron chi connectivity index (χ1n) is 3.40. The monoisotopic (exact) mass is 208 g/mol. The molecule has 0 radical (unpaired) electrons. The number of anilines is 1. The highest BCUT2D eigenvalue weighted by atomic mass is 35.5. The lowest BCUT2D eigenvalue weighted by atomic mass is 10.2. The van der Waals surface area contributed by atoms with Crippen molar-refractivity contribution in [3.63, 3.8) is 0 Å². The van der Waals surface area contributed by atoms with Gasteiger partial charge in [-0.2, -0.15) is 0 Å². The SMILES string of the molecule is Nc1cc(CO)c(Cl)c(C(F)F)n1. The summed E-state index contributed by atoms with van der Waals surface area (Å²) in [6.45, 7) is -0.439. The van der Waals surface area contributed by atoms with Crippen LogP contribution in [0.15, 0.2) is 6.07 Å². The van der Waals surface area contributed by atoms with Crippen molar-refractivity contribution >= 4 is 17.4 Å². The zero-order valence-electron chi connectivity index (χ0n) is 6.47. The second kappa shape index (κ2) is 3.85. The van der Waals surface area contributed by atoms with E-state index in [4.69, 9.17) is 22.4 Å². The topological polar surface area (TPSA) is 59.1 Å². The molecule has 72 valence electrons. The van der Waals surface area contributed by atoms with Crippen LogP contribution in [0.5, 0.6) is 0 Å². The first-order chi connectivity index (χ1) is 6.06. The molecule has 0 atom stereocenters. The Morgan fingerprint density at radius 1 is 1.62 bits per heavy atom. The number of nitrogen functional groups attached to an aromatic ring is 1. The molecule has 0 unspecified atom stereocenters. The molecule has 0 aliphatic heterocycles. The summed E-state index contributed by atoms with van der Waals surface area (Å²) in [5.41, 5.74) is 4.79. The molecule has 1 heterocycles. The number of halogens is 3. The number of alkyl halides is 2. The molecule has 1 aromatic rings. The number of pyridine rings is 1. The maximum Gasteiger partial charge on any atom is 0.281 e. The Balaban J connectivity index is 3.27. The van der Waals surface area contributed by atoms with Gasteiger partial charge in [-0.25, -0.2) is 13.8 Å². The number of hydrogen-bond acceptors (Lipinski definition) is 3. The Kier molecular flexibility index (Phi) is 3.00. The standard InChI is InChI=1S/C7H7ClF2N2O/c8-5-3(2-13)1-4(11)12-6(5)7(9)10/h1,7,13H,2H2,(H2,11,12). The van der Waals surface area contributed by atoms with E-state index >= 15 is 0 Å². The van der Waals surface area contributed by atoms with Gasteiger partial charge in [0.1, 0.15) is 11.5 Å². The van der Waals surface area contributed by atoms with Gasteiger partial charge in [0.15, 0.2) is 0 Å². The molecule has 1 rings (SSSR count). The van der Waals surface area contributed by atoms with Crippen LogP contribution in [0.1, 0.15) is 17.7 Å². The number of aromatic nitrogens is 1. The van der Waals surface area contributed by atoms with Gasteiger partial charge in [-0.05, 0) is 6.07 Å². The van der Waals surface area contributed by atoms with Gasteiger partial charge in [-0.1, -0.05) is 11.6 Å². The van der Waals surface area contributed by atoms with Gasteiger partial charge in [0.25, 0.3) is 6.43 Å². The molecule has 0 bridgehead atoms. The summed E-state index contributed by atoms with van der Waals surface area (Å²) >= 11 is 5.52. The van der Waals surface area contributed by atoms with Crippen LogP contribution < -0.4 is 5.73 Å². The smallest absolute Gasteiger partial charge is 0.281 e. The van der Waals surface area contributed by atoms with Crippen molar-refractivity contribution in [2.24, 2.45) is 0 Å². The first kappa shape index (κ1) is 10.1. The Morgan fingerprint density at radius 3 is 2.69 bits per heavy atom. The molecule has 6 heteroatoms. The Bertz CT molecular complexity index is 320. The molecule has 0 aliphatic carbocycles. The Hall–Kier alpha value is -0.940. The fraction of sp³-hybridized carbons (Fsp3) is 0.286. The van der Waals surface area contributed by atoms with Crippen LogP contribution in [-0.2, 0) is 6.61 Å². The summed E-state index contributed by atoms with van der Waals surface area (Å²) < 4.78 is 24.5. The van der Waals surface area contributed by atoms with E-state index < -0.39 is 18.7 Å². The molecule has 3 nitrogen and oxygen atoms in total. The fourth-order valence-electron chi connectivity index (χ4n) is 0.886. The van der Waals surface area contributed by atoms with Crippen molar-refractivity contribution in [3.05, 3.63) is 22.3 Å². The van der Waals surface area contributed by atoms with Crippen LogP contribution in [0.2, 0.25) is 5.02 Å². The summed E-state index contributed by atoms with van der Waals surface area (Å²) in [6.07, 6.45) is -2.79. The average Bonchev–Trinajstić information content (AvgIpc) is 2.08. The highest BCUT2D eigenvalue weighted by Gasteiger charge is 2.17. The second-order valence-corrected chi connectivity index (χ2v) is 2.74. The number of nitrogens with two attached hydrogens (primary N) is 1. The van der Waals surface area contributed by atoms with Gasteiger partial charge in [-0.3, -0.25) is 0 Å². The Morgan fingerprint density at radius 2 is 2.23 bits per heavy atom. The minimum absolute atomic E-state index is 0.0799. The predicted molar refractivity (Wildman–Crippen MR) is 44.5 cm³/mol. The maximum atomic E-state index is 12.2. The number of hydrogen-bond donors (Lipinski definition) is 2. The summed E-state index contributed by atoms with van der Waals surface area (Å²) in [7, 11) is 0. The molecule has 0 fully saturated rings. The third-order valence-corrected chi connectivity index (χ3v) is 1.89. The fourth-order valence-corrected chi connectivity index (χ4v) is 1.13. The first-order valence-corrected chi connectivity index (χ1v) is 3.78. The molecular weight excluding hydrogens is 202 g/mol. The molecule has 0 saturated heterocycles. The molecule has 0 saturated carbocycles. The number of aliphatic hydroxyl groups is 1. The number of rotatable bonds is 2. The highest BCUT2D eigenvalue weighted by molar-refractivity contribution is 6.32. The summed E-state index contributed by atoms with van der Waals surface area (Å²) in [6, 6.07) is 1.26. The van der Waals surface area contributed by atoms with E-state index in [1.807, 2.05) is 0 Å². The summed E-state index contributed by atoms with van der Waals surface area (Å²) in [5, 5.41) is 8.51. The molecule has 0 spiro atoms. The lowest BCUT2D eigenvalue weighted by Gasteiger charge is -2.07. The minimum atomic E-state index is -2.79. The Labute approximate surface area is 78.1 Å². The minimum Gasteiger partial charge on any atom is -0.392 e. The van der Waals surface area contributed by atoms with E-state index in [0.717, 1.165) is 0 Å². The van der Waals surface area contributed by atoms with Crippen molar-refractivity contribution in [1.82, 2.24) is 4.98 Å². The van der Waals surface area contributed by atoms with Gasteiger partial charge in [0, 0.05) is 5.56 Å². The zero-order chi connectivity index (χ0) is 10.0. The van der Waals surface area contributed by atoms with Crippen LogP contribution in [0, 0.1) is 0 Å². The molecule has 0 aliphatic rings. The van der Waals surface area contributed by atoms with Crippen LogP contribution >= 0.6 is 11.6 Å². The van der Waals surface area contributed by atoms with Crippen molar-refractivity contribution < 1.29 is 13.9 Å². The van der Waals surface area contributed by atoms with Crippen molar-refractivity contribution in [2.75, 3.05) is 5.73 Å². The van der Waals surface area contributed by atoms with E-state index in [0.29, 0.717) is 0 Å². The van der Waals surface area contributed by atoms with Crippen LogP contribution in [0.25, 0.3) is 0 Å². The third-order valence-electron chi connectivity index (χ3n) is 1.46. The lowest BCUT2D eigenvalue weighted by Crippen LogP contribution is -2.01. The highest BCUT2D eigenvalue weighted by Crippen LogP contribution is 2.29. The van der Waals surface area contributed by atoms with E-state index in [1.165, 1.54) is 6.07 Å². The van der Waals surface area contributed by atoms with Crippen LogP contribution in [0.3, 0.4) is 0 Å². The zero-order valence-corrected chi connectivity index (χ0v) is 7.22. The third kappa shape index (κ3) is 2.05. The van der Waals surface area contributed by atoms with E-state index in [9.17, 15) is 8.78 Å². The van der Waals surface area contributed by atoms with Crippen molar-refractivity contribution in [3.8, 4) is 0 Å². The molecule has 0 amide bonds. The lowest BCUT2D eigenvalue weighted by molar-refractivity contribution is 0.146. The maximum absolute atomic E-state index is 12.2. The molecular formula is C7H7ClF2N2O. The number of nitrogens with zero attached hydrogens (tertiary/aromatic N) is 1. The van der Waals surface area contributed by atoms with E-state index in [1.54, 1.807) is 0 Å². The van der Waals surface area contributed by atoms with Crippen LogP contribution in [-0.4, -0.2) is 10.1 Å². The molecule has 3 N–H and O–H groups in total. The molecule has 13 heavy (non-hydrogen) atoms. The van der Waals surface area contributed by atoms with Gasteiger partial charge in [0.2, 0.25) is 0 Å². The second-order valence-electron chi connectivity index (χ2n) is 2.36. The van der Waals surface area contributed by atoms with Crippen molar-refractivity contribution in [2.45, 2.75) is 13.0 Å². The van der Waals surface area contributed by atoms with Gasteiger partial charge in [-0.15, -0.1) is 0 Å². The van der Waals surface area contributed by atoms with E-state index in [2.05, 4.69) is 4.98 Å². The summed E-state index contributed by atoms with van der Waals surface area (Å²) in [5.74, 6) is -0.0799. The molecule has 1 aromatic heterocycles. The molecule has 0 aromatic carbocycles. The number of aliphatic hydroxyl groups excluding tert-OH is 1. The van der Waals surface area contributed by atoms with Crippen LogP contribution in [0.4, 0.5) is 14.6 Å². The quantitative estimate of drug-likeness (QED) is 0.779. The van der Waals surface area contributed by atoms with Crippen molar-refractivity contribution in [1.29, 1.82) is 0 Å². The average molecular weight is 209 g/mol. The predicted octanol–water partition coefficient (Wildman–Crippen LogP) is 1.75. The van der Waals surface area contributed by atoms with E-state index in [-0.39, 0.29) is 16.4 Å². The summed E-state index contributed by atoms with van der Waals surface area (Å²) in [4.78, 5) is 3.37. The van der Waals surface area contributed by atoms with Gasteiger partial charge in [0.05, 0.1) is 11.6 Å². The largest absolute Gasteiger partial charge is 0.392 e.